The Hall–Kier alpha value is 0.194. The van der Waals surface area contributed by atoms with E-state index in [0.717, 1.165) is 0 Å². The lowest BCUT2D eigenvalue weighted by molar-refractivity contribution is -0.288. The van der Waals surface area contributed by atoms with Crippen LogP contribution in [0.25, 0.3) is 0 Å². The molecule has 2 N–H and O–H groups in total. The van der Waals surface area contributed by atoms with Gasteiger partial charge in [0.15, 0.2) is 14.6 Å². The molecule has 0 aliphatic carbocycles. The fourth-order valence-electron chi connectivity index (χ4n) is 6.82. The zero-order chi connectivity index (χ0) is 25.9. The van der Waals surface area contributed by atoms with Gasteiger partial charge in [-0.3, -0.25) is 0 Å². The topological polar surface area (TPSA) is 77.4 Å². The van der Waals surface area contributed by atoms with Gasteiger partial charge in [-0.25, -0.2) is 0 Å². The molecule has 0 amide bonds. The molecule has 1 saturated heterocycles. The van der Waals surface area contributed by atoms with E-state index in [2.05, 4.69) is 83.1 Å². The number of methoxy groups -OCH3 is 1. The Morgan fingerprint density at radius 2 is 1.06 bits per heavy atom. The van der Waals surface area contributed by atoms with Gasteiger partial charge in [0.1, 0.15) is 24.4 Å². The molecule has 1 fully saturated rings. The maximum absolute atomic E-state index is 11.3. The van der Waals surface area contributed by atoms with Gasteiger partial charge in [0.25, 0.3) is 0 Å². The van der Waals surface area contributed by atoms with Crippen molar-refractivity contribution in [1.29, 1.82) is 0 Å². The van der Waals surface area contributed by atoms with Crippen molar-refractivity contribution in [2.24, 2.45) is 0 Å². The zero-order valence-corrected chi connectivity index (χ0v) is 25.6. The summed E-state index contributed by atoms with van der Waals surface area (Å²) in [5, 5.41) is 21.9. The molecule has 0 aromatic carbocycles. The van der Waals surface area contributed by atoms with E-state index >= 15 is 0 Å². The highest BCUT2D eigenvalue weighted by Crippen LogP contribution is 2.46. The lowest BCUT2D eigenvalue weighted by atomic mass is 9.99. The third-order valence-corrected chi connectivity index (χ3v) is 20.3. The van der Waals surface area contributed by atoms with E-state index in [1.807, 2.05) is 0 Å². The van der Waals surface area contributed by atoms with Gasteiger partial charge < -0.3 is 28.5 Å². The summed E-state index contributed by atoms with van der Waals surface area (Å²) in [5.41, 5.74) is 2.35. The van der Waals surface area contributed by atoms with Gasteiger partial charge in [-0.15, -0.1) is 0 Å². The van der Waals surface area contributed by atoms with Crippen LogP contribution in [0.5, 0.6) is 0 Å². The molecule has 0 aromatic rings. The van der Waals surface area contributed by atoms with Crippen molar-refractivity contribution in [2.75, 3.05) is 13.7 Å². The number of aliphatic hydroxyl groups is 2. The molecule has 0 bridgehead atoms. The summed E-state index contributed by atoms with van der Waals surface area (Å²) < 4.78 is 25.3. The lowest BCUT2D eigenvalue weighted by Gasteiger charge is -2.51. The SMILES string of the molecule is CO[C@H]1C(O)O[C@@H](CO[Si](C(C)C)(C(C)C)C(C)C)[C@H](O[Si](C(C)C)(C(C)C)C(C)C)[C@H]1O. The number of ether oxygens (including phenoxy) is 2. The van der Waals surface area contributed by atoms with E-state index in [0.29, 0.717) is 39.9 Å². The molecule has 0 saturated carbocycles. The molecule has 198 valence electrons. The zero-order valence-electron chi connectivity index (χ0n) is 23.6. The fraction of sp³-hybridized carbons (Fsp3) is 1.00. The normalized spacial score (nSPS) is 27.7. The maximum atomic E-state index is 11.3. The highest BCUT2D eigenvalue weighted by atomic mass is 28.4. The Morgan fingerprint density at radius 3 is 1.39 bits per heavy atom. The van der Waals surface area contributed by atoms with Crippen molar-refractivity contribution >= 4 is 16.6 Å². The van der Waals surface area contributed by atoms with E-state index in [4.69, 9.17) is 18.3 Å². The van der Waals surface area contributed by atoms with Gasteiger partial charge in [-0.2, -0.15) is 0 Å². The number of aliphatic hydroxyl groups excluding tert-OH is 2. The van der Waals surface area contributed by atoms with Crippen LogP contribution >= 0.6 is 0 Å². The molecule has 33 heavy (non-hydrogen) atoms. The molecule has 6 nitrogen and oxygen atoms in total. The van der Waals surface area contributed by atoms with E-state index in [9.17, 15) is 10.2 Å². The van der Waals surface area contributed by atoms with Crippen molar-refractivity contribution in [3.05, 3.63) is 0 Å². The summed E-state index contributed by atoms with van der Waals surface area (Å²) >= 11 is 0. The fourth-order valence-corrected chi connectivity index (χ4v) is 17.8. The van der Waals surface area contributed by atoms with Crippen molar-refractivity contribution in [1.82, 2.24) is 0 Å². The third kappa shape index (κ3) is 6.13. The Kier molecular flexibility index (Phi) is 11.8. The third-order valence-electron chi connectivity index (χ3n) is 8.16. The van der Waals surface area contributed by atoms with Crippen molar-refractivity contribution in [3.8, 4) is 0 Å². The Morgan fingerprint density at radius 1 is 0.667 bits per heavy atom. The van der Waals surface area contributed by atoms with Crippen LogP contribution in [0.3, 0.4) is 0 Å². The molecule has 1 aliphatic heterocycles. The van der Waals surface area contributed by atoms with Crippen LogP contribution in [0.15, 0.2) is 0 Å². The van der Waals surface area contributed by atoms with E-state index < -0.39 is 47.3 Å². The van der Waals surface area contributed by atoms with Gasteiger partial charge in [0, 0.05) is 7.11 Å². The summed E-state index contributed by atoms with van der Waals surface area (Å²) in [6.45, 7) is 27.2. The van der Waals surface area contributed by atoms with Crippen LogP contribution in [0.2, 0.25) is 33.2 Å². The van der Waals surface area contributed by atoms with E-state index in [-0.39, 0.29) is 0 Å². The predicted molar refractivity (Wildman–Crippen MR) is 141 cm³/mol. The standard InChI is InChI=1S/C25H54O6Si2/c1-15(2)32(16(3)4,17(5)6)29-14-21-23(22(26)24(28-13)25(27)30-21)31-33(18(7)8,19(9)10)20(11)12/h15-27H,14H2,1-13H3/t21-,22+,23-,24+,25?/m0/s1. The van der Waals surface area contributed by atoms with Crippen LogP contribution in [-0.2, 0) is 18.3 Å². The monoisotopic (exact) mass is 506 g/mol. The molecule has 1 rings (SSSR count). The second-order valence-corrected chi connectivity index (χ2v) is 22.7. The molecule has 5 atom stereocenters. The van der Waals surface area contributed by atoms with Gasteiger partial charge in [0.2, 0.25) is 8.32 Å². The molecule has 8 heteroatoms. The van der Waals surface area contributed by atoms with Gasteiger partial charge in [-0.1, -0.05) is 83.1 Å². The minimum Gasteiger partial charge on any atom is -0.413 e. The summed E-state index contributed by atoms with van der Waals surface area (Å²) in [7, 11) is -2.99. The first-order chi connectivity index (χ1) is 15.1. The Balaban J connectivity index is 3.40. The summed E-state index contributed by atoms with van der Waals surface area (Å²) in [6, 6.07) is 0. The first-order valence-electron chi connectivity index (χ1n) is 13.0. The molecule has 0 aromatic heterocycles. The number of rotatable bonds is 12. The second kappa shape index (κ2) is 12.4. The highest BCUT2D eigenvalue weighted by molar-refractivity contribution is 6.78. The second-order valence-electron chi connectivity index (χ2n) is 11.8. The summed E-state index contributed by atoms with van der Waals surface area (Å²) in [5.74, 6) is 0. The molecule has 0 spiro atoms. The van der Waals surface area contributed by atoms with E-state index in [1.54, 1.807) is 0 Å². The van der Waals surface area contributed by atoms with Gasteiger partial charge in [-0.05, 0) is 33.2 Å². The minimum absolute atomic E-state index is 0.300. The molecule has 1 aliphatic rings. The van der Waals surface area contributed by atoms with Crippen molar-refractivity contribution in [3.63, 3.8) is 0 Å². The van der Waals surface area contributed by atoms with Crippen LogP contribution < -0.4 is 0 Å². The average Bonchev–Trinajstić information content (AvgIpc) is 2.66. The molecular weight excluding hydrogens is 452 g/mol. The van der Waals surface area contributed by atoms with Crippen LogP contribution in [0, 0.1) is 0 Å². The Labute approximate surface area is 206 Å². The average molecular weight is 507 g/mol. The number of hydrogen-bond acceptors (Lipinski definition) is 6. The number of hydrogen-bond donors (Lipinski definition) is 2. The van der Waals surface area contributed by atoms with Crippen molar-refractivity contribution in [2.45, 2.75) is 147 Å². The quantitative estimate of drug-likeness (QED) is 0.324. The lowest BCUT2D eigenvalue weighted by Crippen LogP contribution is -2.65. The highest BCUT2D eigenvalue weighted by Gasteiger charge is 2.54. The summed E-state index contributed by atoms with van der Waals surface area (Å²) in [4.78, 5) is 0. The molecule has 0 radical (unpaired) electrons. The molecule has 1 heterocycles. The maximum Gasteiger partial charge on any atom is 0.201 e. The summed E-state index contributed by atoms with van der Waals surface area (Å²) in [6.07, 6.45) is -4.25. The van der Waals surface area contributed by atoms with Crippen LogP contribution in [0.4, 0.5) is 0 Å². The smallest absolute Gasteiger partial charge is 0.201 e. The first-order valence-corrected chi connectivity index (χ1v) is 17.2. The van der Waals surface area contributed by atoms with Crippen molar-refractivity contribution < 1.29 is 28.5 Å². The van der Waals surface area contributed by atoms with E-state index in [1.165, 1.54) is 7.11 Å². The van der Waals surface area contributed by atoms with Gasteiger partial charge in [0.05, 0.1) is 6.61 Å². The predicted octanol–water partition coefficient (Wildman–Crippen LogP) is 5.83. The first kappa shape index (κ1) is 31.2. The Bertz CT molecular complexity index is 538. The molecular formula is C25H54O6Si2. The molecule has 1 unspecified atom stereocenters. The van der Waals surface area contributed by atoms with Crippen LogP contribution in [0.1, 0.15) is 83.1 Å². The minimum atomic E-state index is -2.32. The van der Waals surface area contributed by atoms with Gasteiger partial charge >= 0.3 is 0 Å². The largest absolute Gasteiger partial charge is 0.413 e. The van der Waals surface area contributed by atoms with Crippen LogP contribution in [-0.4, -0.2) is 71.3 Å².